The zero-order valence-electron chi connectivity index (χ0n) is 12.6. The molecule has 1 atom stereocenters. The molecule has 1 aliphatic heterocycles. The monoisotopic (exact) mass is 317 g/mol. The van der Waals surface area contributed by atoms with Gasteiger partial charge >= 0.3 is 0 Å². The number of carbonyl (C=O) groups excluding carboxylic acids is 2. The van der Waals surface area contributed by atoms with Gasteiger partial charge in [-0.3, -0.25) is 9.59 Å². The summed E-state index contributed by atoms with van der Waals surface area (Å²) >= 11 is 0. The third kappa shape index (κ3) is 5.83. The van der Waals surface area contributed by atoms with Crippen LogP contribution in [0.25, 0.3) is 0 Å². The normalized spacial score (nSPS) is 22.1. The topological polar surface area (TPSA) is 84.2 Å². The van der Waals surface area contributed by atoms with Crippen LogP contribution in [0.2, 0.25) is 0 Å². The van der Waals surface area contributed by atoms with Crippen molar-refractivity contribution in [3.63, 3.8) is 0 Å². The van der Waals surface area contributed by atoms with Crippen molar-refractivity contribution in [1.82, 2.24) is 10.6 Å². The van der Waals surface area contributed by atoms with Crippen molar-refractivity contribution in [2.24, 2.45) is 17.6 Å². The lowest BCUT2D eigenvalue weighted by Gasteiger charge is -2.32. The predicted molar refractivity (Wildman–Crippen MR) is 85.2 cm³/mol. The lowest BCUT2D eigenvalue weighted by molar-refractivity contribution is -0.127. The molecule has 2 aliphatic rings. The first-order chi connectivity index (χ1) is 9.66. The minimum absolute atomic E-state index is 0. The summed E-state index contributed by atoms with van der Waals surface area (Å²) in [6, 6.07) is -0.0600. The van der Waals surface area contributed by atoms with Crippen LogP contribution in [0.1, 0.15) is 51.4 Å². The molecule has 2 rings (SSSR count). The molecular weight excluding hydrogens is 290 g/mol. The van der Waals surface area contributed by atoms with Crippen LogP contribution in [0.5, 0.6) is 0 Å². The standard InChI is InChI=1S/C15H27N3O2.ClH/c16-14(19)10-13(11-4-2-1-3-5-11)18-15(20)12-6-8-17-9-7-12;/h11-13,17H,1-10H2,(H2,16,19)(H,18,20);1H. The van der Waals surface area contributed by atoms with E-state index < -0.39 is 0 Å². The lowest BCUT2D eigenvalue weighted by Crippen LogP contribution is -2.47. The van der Waals surface area contributed by atoms with E-state index in [0.717, 1.165) is 38.8 Å². The number of halogens is 1. The molecule has 0 bridgehead atoms. The fourth-order valence-corrected chi connectivity index (χ4v) is 3.47. The molecule has 1 unspecified atom stereocenters. The molecular formula is C15H28ClN3O2. The van der Waals surface area contributed by atoms with Gasteiger partial charge < -0.3 is 16.4 Å². The Labute approximate surface area is 133 Å². The van der Waals surface area contributed by atoms with Gasteiger partial charge in [0.1, 0.15) is 0 Å². The second-order valence-corrected chi connectivity index (χ2v) is 6.21. The van der Waals surface area contributed by atoms with Gasteiger partial charge in [-0.15, -0.1) is 12.4 Å². The minimum Gasteiger partial charge on any atom is -0.370 e. The molecule has 0 aromatic rings. The van der Waals surface area contributed by atoms with Gasteiger partial charge in [0.2, 0.25) is 11.8 Å². The van der Waals surface area contributed by atoms with Gasteiger partial charge in [-0.25, -0.2) is 0 Å². The van der Waals surface area contributed by atoms with Crippen molar-refractivity contribution in [3.05, 3.63) is 0 Å². The van der Waals surface area contributed by atoms with Crippen molar-refractivity contribution in [2.45, 2.75) is 57.4 Å². The highest BCUT2D eigenvalue weighted by Gasteiger charge is 2.29. The average molecular weight is 318 g/mol. The van der Waals surface area contributed by atoms with Gasteiger partial charge in [-0.2, -0.15) is 0 Å². The molecule has 1 saturated carbocycles. The zero-order valence-corrected chi connectivity index (χ0v) is 13.4. The van der Waals surface area contributed by atoms with E-state index in [1.54, 1.807) is 0 Å². The Hall–Kier alpha value is -0.810. The molecule has 122 valence electrons. The second kappa shape index (κ2) is 9.26. The van der Waals surface area contributed by atoms with E-state index in [1.807, 2.05) is 0 Å². The number of rotatable bonds is 5. The molecule has 1 aliphatic carbocycles. The molecule has 21 heavy (non-hydrogen) atoms. The van der Waals surface area contributed by atoms with Crippen LogP contribution in [0.3, 0.4) is 0 Å². The Morgan fingerprint density at radius 2 is 1.71 bits per heavy atom. The summed E-state index contributed by atoms with van der Waals surface area (Å²) in [5.41, 5.74) is 5.35. The molecule has 0 radical (unpaired) electrons. The van der Waals surface area contributed by atoms with Gasteiger partial charge in [0.15, 0.2) is 0 Å². The van der Waals surface area contributed by atoms with Crippen molar-refractivity contribution in [3.8, 4) is 0 Å². The van der Waals surface area contributed by atoms with Gasteiger partial charge in [-0.1, -0.05) is 19.3 Å². The van der Waals surface area contributed by atoms with Crippen LogP contribution in [0, 0.1) is 11.8 Å². The Kier molecular flexibility index (Phi) is 8.04. The van der Waals surface area contributed by atoms with Gasteiger partial charge in [0.05, 0.1) is 0 Å². The number of hydrogen-bond acceptors (Lipinski definition) is 3. The molecule has 0 aromatic carbocycles. The summed E-state index contributed by atoms with van der Waals surface area (Å²) in [7, 11) is 0. The van der Waals surface area contributed by atoms with Crippen molar-refractivity contribution in [1.29, 1.82) is 0 Å². The average Bonchev–Trinajstić information content (AvgIpc) is 2.48. The van der Waals surface area contributed by atoms with Gasteiger partial charge in [0.25, 0.3) is 0 Å². The number of carbonyl (C=O) groups is 2. The molecule has 5 nitrogen and oxygen atoms in total. The third-order valence-electron chi connectivity index (χ3n) is 4.68. The van der Waals surface area contributed by atoms with E-state index in [-0.39, 0.29) is 42.6 Å². The molecule has 1 heterocycles. The first-order valence-electron chi connectivity index (χ1n) is 7.96. The number of nitrogens with two attached hydrogens (primary N) is 1. The van der Waals surface area contributed by atoms with Crippen molar-refractivity contribution in [2.75, 3.05) is 13.1 Å². The van der Waals surface area contributed by atoms with Crippen LogP contribution in [-0.2, 0) is 9.59 Å². The van der Waals surface area contributed by atoms with E-state index in [9.17, 15) is 9.59 Å². The van der Waals surface area contributed by atoms with Crippen LogP contribution in [0.15, 0.2) is 0 Å². The van der Waals surface area contributed by atoms with Crippen LogP contribution in [-0.4, -0.2) is 30.9 Å². The van der Waals surface area contributed by atoms with Crippen LogP contribution in [0.4, 0.5) is 0 Å². The molecule has 4 N–H and O–H groups in total. The van der Waals surface area contributed by atoms with E-state index in [2.05, 4.69) is 10.6 Å². The van der Waals surface area contributed by atoms with Gasteiger partial charge in [-0.05, 0) is 44.7 Å². The first-order valence-corrected chi connectivity index (χ1v) is 7.96. The second-order valence-electron chi connectivity index (χ2n) is 6.21. The van der Waals surface area contributed by atoms with Crippen molar-refractivity contribution < 1.29 is 9.59 Å². The quantitative estimate of drug-likeness (QED) is 0.715. The summed E-state index contributed by atoms with van der Waals surface area (Å²) < 4.78 is 0. The van der Waals surface area contributed by atoms with Crippen LogP contribution >= 0.6 is 12.4 Å². The summed E-state index contributed by atoms with van der Waals surface area (Å²) in [5.74, 6) is 0.312. The van der Waals surface area contributed by atoms with Crippen molar-refractivity contribution >= 4 is 24.2 Å². The molecule has 0 aromatic heterocycles. The smallest absolute Gasteiger partial charge is 0.223 e. The number of primary amides is 1. The maximum absolute atomic E-state index is 12.3. The summed E-state index contributed by atoms with van der Waals surface area (Å²) in [6.07, 6.45) is 7.92. The first kappa shape index (κ1) is 18.2. The Bertz CT molecular complexity index is 340. The molecule has 1 saturated heterocycles. The summed E-state index contributed by atoms with van der Waals surface area (Å²) in [5, 5.41) is 6.38. The van der Waals surface area contributed by atoms with E-state index in [0.29, 0.717) is 5.92 Å². The fraction of sp³-hybridized carbons (Fsp3) is 0.867. The Morgan fingerprint density at radius 3 is 2.29 bits per heavy atom. The molecule has 2 amide bonds. The largest absolute Gasteiger partial charge is 0.370 e. The molecule has 0 spiro atoms. The van der Waals surface area contributed by atoms with E-state index in [1.165, 1.54) is 19.3 Å². The van der Waals surface area contributed by atoms with Gasteiger partial charge in [0, 0.05) is 18.4 Å². The van der Waals surface area contributed by atoms with E-state index in [4.69, 9.17) is 5.73 Å². The Balaban J connectivity index is 0.00000220. The summed E-state index contributed by atoms with van der Waals surface area (Å²) in [4.78, 5) is 23.6. The zero-order chi connectivity index (χ0) is 14.4. The predicted octanol–water partition coefficient (Wildman–Crippen LogP) is 1.35. The number of piperidine rings is 1. The maximum atomic E-state index is 12.3. The lowest BCUT2D eigenvalue weighted by atomic mass is 9.82. The fourth-order valence-electron chi connectivity index (χ4n) is 3.47. The maximum Gasteiger partial charge on any atom is 0.223 e. The highest BCUT2D eigenvalue weighted by atomic mass is 35.5. The van der Waals surface area contributed by atoms with E-state index >= 15 is 0 Å². The summed E-state index contributed by atoms with van der Waals surface area (Å²) in [6.45, 7) is 1.81. The highest BCUT2D eigenvalue weighted by molar-refractivity contribution is 5.85. The van der Waals surface area contributed by atoms with Crippen LogP contribution < -0.4 is 16.4 Å². The number of amides is 2. The Morgan fingerprint density at radius 1 is 1.10 bits per heavy atom. The highest BCUT2D eigenvalue weighted by Crippen LogP contribution is 2.28. The number of nitrogens with one attached hydrogen (secondary N) is 2. The SMILES string of the molecule is Cl.NC(=O)CC(NC(=O)C1CCNCC1)C1CCCCC1. The third-order valence-corrected chi connectivity index (χ3v) is 4.68. The molecule has 6 heteroatoms. The molecule has 2 fully saturated rings. The minimum atomic E-state index is -0.314. The number of hydrogen-bond donors (Lipinski definition) is 3.